The second kappa shape index (κ2) is 6.85. The van der Waals surface area contributed by atoms with Gasteiger partial charge in [0.15, 0.2) is 0 Å². The van der Waals surface area contributed by atoms with E-state index in [2.05, 4.69) is 10.6 Å². The standard InChI is InChI=1S/C16H17FN2O2/c1-18-10-11-5-3-6-12(9-11)19-16(20)15-13(17)7-4-8-14(15)21-2/h3-9,18H,10H2,1-2H3,(H,19,20). The zero-order valence-electron chi connectivity index (χ0n) is 11.9. The topological polar surface area (TPSA) is 50.4 Å². The molecule has 0 atom stereocenters. The third-order valence-electron chi connectivity index (χ3n) is 2.99. The molecule has 0 fully saturated rings. The number of benzene rings is 2. The fraction of sp³-hybridized carbons (Fsp3) is 0.188. The highest BCUT2D eigenvalue weighted by atomic mass is 19.1. The first-order valence-electron chi connectivity index (χ1n) is 6.53. The number of anilines is 1. The number of halogens is 1. The van der Waals surface area contributed by atoms with Crippen LogP contribution in [0.5, 0.6) is 5.75 Å². The summed E-state index contributed by atoms with van der Waals surface area (Å²) in [5.74, 6) is -0.941. The maximum absolute atomic E-state index is 13.8. The third-order valence-corrected chi connectivity index (χ3v) is 2.99. The summed E-state index contributed by atoms with van der Waals surface area (Å²) in [6.07, 6.45) is 0. The number of carbonyl (C=O) groups is 1. The maximum atomic E-state index is 13.8. The van der Waals surface area contributed by atoms with Gasteiger partial charge in [-0.3, -0.25) is 4.79 Å². The van der Waals surface area contributed by atoms with Crippen molar-refractivity contribution in [1.82, 2.24) is 5.32 Å². The van der Waals surface area contributed by atoms with E-state index in [0.29, 0.717) is 12.2 Å². The zero-order chi connectivity index (χ0) is 15.2. The van der Waals surface area contributed by atoms with Crippen molar-refractivity contribution in [2.75, 3.05) is 19.5 Å². The van der Waals surface area contributed by atoms with E-state index >= 15 is 0 Å². The summed E-state index contributed by atoms with van der Waals surface area (Å²) in [6, 6.07) is 11.6. The van der Waals surface area contributed by atoms with Crippen LogP contribution in [-0.2, 0) is 6.54 Å². The number of methoxy groups -OCH3 is 1. The highest BCUT2D eigenvalue weighted by molar-refractivity contribution is 6.06. The molecule has 2 N–H and O–H groups in total. The molecule has 0 heterocycles. The molecule has 0 unspecified atom stereocenters. The first-order chi connectivity index (χ1) is 10.2. The van der Waals surface area contributed by atoms with Crippen LogP contribution in [0.3, 0.4) is 0 Å². The van der Waals surface area contributed by atoms with Crippen molar-refractivity contribution >= 4 is 11.6 Å². The fourth-order valence-corrected chi connectivity index (χ4v) is 2.05. The molecule has 2 rings (SSSR count). The lowest BCUT2D eigenvalue weighted by atomic mass is 10.1. The molecule has 0 aliphatic carbocycles. The lowest BCUT2D eigenvalue weighted by molar-refractivity contribution is 0.102. The van der Waals surface area contributed by atoms with Crippen molar-refractivity contribution in [2.24, 2.45) is 0 Å². The Bertz CT molecular complexity index is 644. The van der Waals surface area contributed by atoms with Crippen LogP contribution in [0, 0.1) is 5.82 Å². The van der Waals surface area contributed by atoms with Crippen molar-refractivity contribution in [2.45, 2.75) is 6.54 Å². The molecule has 0 aliphatic rings. The number of carbonyl (C=O) groups excluding carboxylic acids is 1. The van der Waals surface area contributed by atoms with Crippen molar-refractivity contribution in [1.29, 1.82) is 0 Å². The molecule has 0 spiro atoms. The lowest BCUT2D eigenvalue weighted by Crippen LogP contribution is -2.15. The average molecular weight is 288 g/mol. The molecule has 0 aliphatic heterocycles. The van der Waals surface area contributed by atoms with Gasteiger partial charge in [-0.05, 0) is 36.9 Å². The van der Waals surface area contributed by atoms with E-state index < -0.39 is 11.7 Å². The van der Waals surface area contributed by atoms with Crippen LogP contribution in [0.2, 0.25) is 0 Å². The van der Waals surface area contributed by atoms with E-state index in [0.717, 1.165) is 5.56 Å². The molecule has 110 valence electrons. The summed E-state index contributed by atoms with van der Waals surface area (Å²) in [7, 11) is 3.24. The minimum atomic E-state index is -0.613. The molecular weight excluding hydrogens is 271 g/mol. The molecule has 0 saturated carbocycles. The van der Waals surface area contributed by atoms with Gasteiger partial charge >= 0.3 is 0 Å². The molecule has 0 bridgehead atoms. The predicted molar refractivity (Wildman–Crippen MR) is 80.1 cm³/mol. The summed E-state index contributed by atoms with van der Waals surface area (Å²) < 4.78 is 18.9. The van der Waals surface area contributed by atoms with Crippen molar-refractivity contribution < 1.29 is 13.9 Å². The van der Waals surface area contributed by atoms with Crippen LogP contribution in [0.1, 0.15) is 15.9 Å². The quantitative estimate of drug-likeness (QED) is 0.889. The predicted octanol–water partition coefficient (Wildman–Crippen LogP) is 2.81. The maximum Gasteiger partial charge on any atom is 0.262 e. The Hall–Kier alpha value is -2.40. The molecule has 2 aromatic carbocycles. The van der Waals surface area contributed by atoms with E-state index in [1.54, 1.807) is 12.1 Å². The van der Waals surface area contributed by atoms with E-state index in [-0.39, 0.29) is 11.3 Å². The minimum absolute atomic E-state index is 0.0981. The van der Waals surface area contributed by atoms with Gasteiger partial charge in [0.05, 0.1) is 7.11 Å². The Morgan fingerprint density at radius 3 is 2.71 bits per heavy atom. The summed E-state index contributed by atoms with van der Waals surface area (Å²) in [4.78, 5) is 12.2. The van der Waals surface area contributed by atoms with Crippen LogP contribution >= 0.6 is 0 Å². The van der Waals surface area contributed by atoms with E-state index in [1.165, 1.54) is 19.2 Å². The monoisotopic (exact) mass is 288 g/mol. The molecule has 4 nitrogen and oxygen atoms in total. The SMILES string of the molecule is CNCc1cccc(NC(=O)c2c(F)cccc2OC)c1. The highest BCUT2D eigenvalue weighted by Crippen LogP contribution is 2.22. The molecule has 21 heavy (non-hydrogen) atoms. The van der Waals surface area contributed by atoms with E-state index in [9.17, 15) is 9.18 Å². The third kappa shape index (κ3) is 3.58. The summed E-state index contributed by atoms with van der Waals surface area (Å²) in [6.45, 7) is 0.687. The number of rotatable bonds is 5. The normalized spacial score (nSPS) is 10.2. The van der Waals surface area contributed by atoms with Crippen LogP contribution in [0.4, 0.5) is 10.1 Å². The Morgan fingerprint density at radius 1 is 1.24 bits per heavy atom. The first kappa shape index (κ1) is 15.0. The number of hydrogen-bond donors (Lipinski definition) is 2. The number of hydrogen-bond acceptors (Lipinski definition) is 3. The first-order valence-corrected chi connectivity index (χ1v) is 6.53. The van der Waals surface area contributed by atoms with Crippen molar-refractivity contribution in [3.63, 3.8) is 0 Å². The molecule has 0 radical (unpaired) electrons. The molecule has 0 aromatic heterocycles. The number of amides is 1. The second-order valence-electron chi connectivity index (χ2n) is 4.50. The van der Waals surface area contributed by atoms with Crippen LogP contribution in [0.15, 0.2) is 42.5 Å². The fourth-order valence-electron chi connectivity index (χ4n) is 2.05. The smallest absolute Gasteiger partial charge is 0.262 e. The molecule has 0 saturated heterocycles. The summed E-state index contributed by atoms with van der Waals surface area (Å²) in [5, 5.41) is 5.72. The zero-order valence-corrected chi connectivity index (χ0v) is 11.9. The lowest BCUT2D eigenvalue weighted by Gasteiger charge is -2.11. The van der Waals surface area contributed by atoms with Gasteiger partial charge in [0.25, 0.3) is 5.91 Å². The van der Waals surface area contributed by atoms with Gasteiger partial charge in [0.2, 0.25) is 0 Å². The Balaban J connectivity index is 2.24. The van der Waals surface area contributed by atoms with Crippen LogP contribution in [-0.4, -0.2) is 20.1 Å². The van der Waals surface area contributed by atoms with Gasteiger partial charge in [0.1, 0.15) is 17.1 Å². The summed E-state index contributed by atoms with van der Waals surface area (Å²) in [5.41, 5.74) is 1.54. The summed E-state index contributed by atoms with van der Waals surface area (Å²) >= 11 is 0. The van der Waals surface area contributed by atoms with Gasteiger partial charge in [-0.25, -0.2) is 4.39 Å². The van der Waals surface area contributed by atoms with Gasteiger partial charge in [-0.15, -0.1) is 0 Å². The van der Waals surface area contributed by atoms with Crippen molar-refractivity contribution in [3.05, 3.63) is 59.4 Å². The van der Waals surface area contributed by atoms with Gasteiger partial charge in [-0.2, -0.15) is 0 Å². The minimum Gasteiger partial charge on any atom is -0.496 e. The Labute approximate surface area is 122 Å². The van der Waals surface area contributed by atoms with Crippen molar-refractivity contribution in [3.8, 4) is 5.75 Å². The number of nitrogens with one attached hydrogen (secondary N) is 2. The Morgan fingerprint density at radius 2 is 2.00 bits per heavy atom. The number of ether oxygens (including phenoxy) is 1. The highest BCUT2D eigenvalue weighted by Gasteiger charge is 2.17. The molecular formula is C16H17FN2O2. The molecule has 2 aromatic rings. The van der Waals surface area contributed by atoms with Gasteiger partial charge < -0.3 is 15.4 Å². The van der Waals surface area contributed by atoms with Crippen LogP contribution < -0.4 is 15.4 Å². The van der Waals surface area contributed by atoms with Gasteiger partial charge in [0, 0.05) is 12.2 Å². The largest absolute Gasteiger partial charge is 0.496 e. The van der Waals surface area contributed by atoms with E-state index in [1.807, 2.05) is 25.2 Å². The van der Waals surface area contributed by atoms with E-state index in [4.69, 9.17) is 4.74 Å². The van der Waals surface area contributed by atoms with Gasteiger partial charge in [-0.1, -0.05) is 18.2 Å². The Kier molecular flexibility index (Phi) is 4.90. The molecule has 1 amide bonds. The van der Waals surface area contributed by atoms with Crippen LogP contribution in [0.25, 0.3) is 0 Å². The average Bonchev–Trinajstić information content (AvgIpc) is 2.47. The second-order valence-corrected chi connectivity index (χ2v) is 4.50. The molecule has 5 heteroatoms.